The minimum Gasteiger partial charge on any atom is -0.392 e. The van der Waals surface area contributed by atoms with Gasteiger partial charge < -0.3 is 5.11 Å². The molecule has 0 aromatic heterocycles. The Balaban J connectivity index is 2.09. The third-order valence-corrected chi connectivity index (χ3v) is 2.98. The summed E-state index contributed by atoms with van der Waals surface area (Å²) in [6.07, 6.45) is 2.29. The molecule has 0 aliphatic carbocycles. The molecule has 0 amide bonds. The summed E-state index contributed by atoms with van der Waals surface area (Å²) in [7, 11) is 0. The Morgan fingerprint density at radius 2 is 1.26 bits per heavy atom. The fourth-order valence-corrected chi connectivity index (χ4v) is 1.88. The predicted octanol–water partition coefficient (Wildman–Crippen LogP) is 3.53. The predicted molar refractivity (Wildman–Crippen MR) is 78.8 cm³/mol. The standard InChI is InChI=1S/C18H18O/c1-2-3-15-4-6-16(7-5-15)8-9-17-10-12-18(14-19)13-11-17/h4-7,10-13,19H,2-3,14H2,1H3. The lowest BCUT2D eigenvalue weighted by molar-refractivity contribution is 0.282. The maximum Gasteiger partial charge on any atom is 0.0681 e. The van der Waals surface area contributed by atoms with E-state index in [2.05, 4.69) is 43.0 Å². The molecule has 0 aliphatic heterocycles. The van der Waals surface area contributed by atoms with Crippen LogP contribution in [0.3, 0.4) is 0 Å². The molecule has 0 unspecified atom stereocenters. The quantitative estimate of drug-likeness (QED) is 0.826. The normalized spacial score (nSPS) is 9.79. The van der Waals surface area contributed by atoms with Gasteiger partial charge in [-0.15, -0.1) is 0 Å². The van der Waals surface area contributed by atoms with Crippen molar-refractivity contribution >= 4 is 0 Å². The van der Waals surface area contributed by atoms with Crippen LogP contribution in [0.5, 0.6) is 0 Å². The fourth-order valence-electron chi connectivity index (χ4n) is 1.88. The van der Waals surface area contributed by atoms with E-state index in [4.69, 9.17) is 5.11 Å². The lowest BCUT2D eigenvalue weighted by Crippen LogP contribution is -1.84. The second-order valence-corrected chi connectivity index (χ2v) is 4.55. The fraction of sp³-hybridized carbons (Fsp3) is 0.222. The monoisotopic (exact) mass is 250 g/mol. The highest BCUT2D eigenvalue weighted by atomic mass is 16.3. The molecule has 0 aliphatic rings. The van der Waals surface area contributed by atoms with Crippen LogP contribution in [0.15, 0.2) is 48.5 Å². The molecular weight excluding hydrogens is 232 g/mol. The van der Waals surface area contributed by atoms with Gasteiger partial charge in [-0.2, -0.15) is 0 Å². The Morgan fingerprint density at radius 1 is 0.789 bits per heavy atom. The Labute approximate surface area is 114 Å². The third-order valence-electron chi connectivity index (χ3n) is 2.98. The second kappa shape index (κ2) is 6.78. The highest BCUT2D eigenvalue weighted by Gasteiger charge is 1.92. The van der Waals surface area contributed by atoms with E-state index in [1.807, 2.05) is 24.3 Å². The molecule has 0 radical (unpaired) electrons. The van der Waals surface area contributed by atoms with Gasteiger partial charge in [0, 0.05) is 11.1 Å². The number of aliphatic hydroxyl groups is 1. The van der Waals surface area contributed by atoms with Crippen molar-refractivity contribution in [3.05, 3.63) is 70.8 Å². The van der Waals surface area contributed by atoms with Gasteiger partial charge in [-0.1, -0.05) is 49.5 Å². The first kappa shape index (κ1) is 13.4. The summed E-state index contributed by atoms with van der Waals surface area (Å²) in [5, 5.41) is 8.97. The SMILES string of the molecule is CCCc1ccc(C#Cc2ccc(CO)cc2)cc1. The van der Waals surface area contributed by atoms with Gasteiger partial charge in [0.25, 0.3) is 0 Å². The molecule has 0 fully saturated rings. The first-order chi connectivity index (χ1) is 9.31. The average molecular weight is 250 g/mol. The average Bonchev–Trinajstić information content (AvgIpc) is 2.47. The summed E-state index contributed by atoms with van der Waals surface area (Å²) >= 11 is 0. The van der Waals surface area contributed by atoms with Crippen molar-refractivity contribution in [1.82, 2.24) is 0 Å². The third kappa shape index (κ3) is 3.98. The molecule has 0 atom stereocenters. The molecule has 96 valence electrons. The minimum atomic E-state index is 0.0760. The Bertz CT molecular complexity index is 568. The largest absolute Gasteiger partial charge is 0.392 e. The lowest BCUT2D eigenvalue weighted by Gasteiger charge is -1.98. The molecule has 0 saturated heterocycles. The Kier molecular flexibility index (Phi) is 4.78. The van der Waals surface area contributed by atoms with E-state index in [1.165, 1.54) is 12.0 Å². The van der Waals surface area contributed by atoms with Crippen LogP contribution in [0.2, 0.25) is 0 Å². The van der Waals surface area contributed by atoms with Gasteiger partial charge in [0.15, 0.2) is 0 Å². The van der Waals surface area contributed by atoms with E-state index in [1.54, 1.807) is 0 Å². The maximum absolute atomic E-state index is 8.97. The van der Waals surface area contributed by atoms with Gasteiger partial charge in [-0.25, -0.2) is 0 Å². The van der Waals surface area contributed by atoms with Crippen molar-refractivity contribution in [3.8, 4) is 11.8 Å². The van der Waals surface area contributed by atoms with Crippen molar-refractivity contribution in [3.63, 3.8) is 0 Å². The van der Waals surface area contributed by atoms with E-state index in [-0.39, 0.29) is 6.61 Å². The van der Waals surface area contributed by atoms with Crippen LogP contribution in [0.1, 0.15) is 35.6 Å². The molecule has 1 heteroatoms. The summed E-state index contributed by atoms with van der Waals surface area (Å²) < 4.78 is 0. The summed E-state index contributed by atoms with van der Waals surface area (Å²) in [4.78, 5) is 0. The first-order valence-corrected chi connectivity index (χ1v) is 6.62. The van der Waals surface area contributed by atoms with E-state index < -0.39 is 0 Å². The van der Waals surface area contributed by atoms with E-state index in [9.17, 15) is 0 Å². The van der Waals surface area contributed by atoms with Gasteiger partial charge in [-0.3, -0.25) is 0 Å². The van der Waals surface area contributed by atoms with Crippen molar-refractivity contribution in [2.24, 2.45) is 0 Å². The smallest absolute Gasteiger partial charge is 0.0681 e. The van der Waals surface area contributed by atoms with E-state index in [0.717, 1.165) is 23.1 Å². The second-order valence-electron chi connectivity index (χ2n) is 4.55. The zero-order valence-electron chi connectivity index (χ0n) is 11.2. The van der Waals surface area contributed by atoms with Crippen LogP contribution in [0.25, 0.3) is 0 Å². The lowest BCUT2D eigenvalue weighted by atomic mass is 10.1. The molecule has 0 heterocycles. The van der Waals surface area contributed by atoms with Crippen LogP contribution >= 0.6 is 0 Å². The molecule has 2 aromatic carbocycles. The molecule has 1 nitrogen and oxygen atoms in total. The van der Waals surface area contributed by atoms with Gasteiger partial charge >= 0.3 is 0 Å². The molecule has 0 saturated carbocycles. The summed E-state index contributed by atoms with van der Waals surface area (Å²) in [5.41, 5.74) is 4.27. The van der Waals surface area contributed by atoms with Crippen molar-refractivity contribution in [2.45, 2.75) is 26.4 Å². The Hall–Kier alpha value is -2.04. The van der Waals surface area contributed by atoms with Gasteiger partial charge in [0.2, 0.25) is 0 Å². The number of hydrogen-bond donors (Lipinski definition) is 1. The van der Waals surface area contributed by atoms with E-state index >= 15 is 0 Å². The van der Waals surface area contributed by atoms with Crippen LogP contribution in [-0.4, -0.2) is 5.11 Å². The Morgan fingerprint density at radius 3 is 1.68 bits per heavy atom. The highest BCUT2D eigenvalue weighted by molar-refractivity contribution is 5.44. The molecule has 2 aromatic rings. The summed E-state index contributed by atoms with van der Waals surface area (Å²) in [6.45, 7) is 2.26. The number of rotatable bonds is 3. The van der Waals surface area contributed by atoms with Crippen LogP contribution in [0, 0.1) is 11.8 Å². The molecule has 19 heavy (non-hydrogen) atoms. The zero-order valence-corrected chi connectivity index (χ0v) is 11.2. The number of aliphatic hydroxyl groups excluding tert-OH is 1. The van der Waals surface area contributed by atoms with Gasteiger partial charge in [0.1, 0.15) is 0 Å². The molecule has 2 rings (SSSR count). The van der Waals surface area contributed by atoms with Crippen molar-refractivity contribution in [2.75, 3.05) is 0 Å². The van der Waals surface area contributed by atoms with Gasteiger partial charge in [-0.05, 0) is 41.8 Å². The molecule has 1 N–H and O–H groups in total. The van der Waals surface area contributed by atoms with E-state index in [0.29, 0.717) is 0 Å². The summed E-state index contributed by atoms with van der Waals surface area (Å²) in [5.74, 6) is 6.29. The maximum atomic E-state index is 8.97. The number of aryl methyl sites for hydroxylation is 1. The minimum absolute atomic E-state index is 0.0760. The molecule has 0 bridgehead atoms. The van der Waals surface area contributed by atoms with Crippen LogP contribution in [0.4, 0.5) is 0 Å². The van der Waals surface area contributed by atoms with Gasteiger partial charge in [0.05, 0.1) is 6.61 Å². The topological polar surface area (TPSA) is 20.2 Å². The van der Waals surface area contributed by atoms with Crippen molar-refractivity contribution < 1.29 is 5.11 Å². The van der Waals surface area contributed by atoms with Crippen molar-refractivity contribution in [1.29, 1.82) is 0 Å². The first-order valence-electron chi connectivity index (χ1n) is 6.62. The number of hydrogen-bond acceptors (Lipinski definition) is 1. The zero-order chi connectivity index (χ0) is 13.5. The molecule has 0 spiro atoms. The van der Waals surface area contributed by atoms with Crippen LogP contribution in [-0.2, 0) is 13.0 Å². The van der Waals surface area contributed by atoms with Crippen LogP contribution < -0.4 is 0 Å². The molecular formula is C18H18O. The number of benzene rings is 2. The highest BCUT2D eigenvalue weighted by Crippen LogP contribution is 2.07. The summed E-state index contributed by atoms with van der Waals surface area (Å²) in [6, 6.07) is 16.1.